The summed E-state index contributed by atoms with van der Waals surface area (Å²) in [7, 11) is 0. The van der Waals surface area contributed by atoms with E-state index in [1.807, 2.05) is 18.2 Å². The number of carbonyl (C=O) groups excluding carboxylic acids is 2. The van der Waals surface area contributed by atoms with Crippen LogP contribution in [0.25, 0.3) is 0 Å². The standard InChI is InChI=1S/C19H18N6O2/c1-13(26)22-14-6-4-7-15(11-14)23-19(27)17-8-9-18(25-24-17)21-12-16-5-2-3-10-20-16/h2-11H,12H2,1H3,(H,21,25)(H,22,26)(H,23,27). The number of rotatable bonds is 6. The van der Waals surface area contributed by atoms with E-state index in [0.29, 0.717) is 23.7 Å². The molecule has 3 N–H and O–H groups in total. The Kier molecular flexibility index (Phi) is 5.68. The summed E-state index contributed by atoms with van der Waals surface area (Å²) < 4.78 is 0. The average molecular weight is 362 g/mol. The van der Waals surface area contributed by atoms with E-state index in [-0.39, 0.29) is 11.6 Å². The Morgan fingerprint density at radius 1 is 0.926 bits per heavy atom. The van der Waals surface area contributed by atoms with Crippen LogP contribution < -0.4 is 16.0 Å². The maximum absolute atomic E-state index is 12.3. The molecule has 27 heavy (non-hydrogen) atoms. The molecule has 0 aliphatic rings. The largest absolute Gasteiger partial charge is 0.363 e. The van der Waals surface area contributed by atoms with Gasteiger partial charge in [0.2, 0.25) is 5.91 Å². The number of anilines is 3. The summed E-state index contributed by atoms with van der Waals surface area (Å²) in [5, 5.41) is 16.4. The molecule has 8 heteroatoms. The lowest BCUT2D eigenvalue weighted by Crippen LogP contribution is -2.15. The number of hydrogen-bond donors (Lipinski definition) is 3. The molecule has 1 aromatic carbocycles. The highest BCUT2D eigenvalue weighted by molar-refractivity contribution is 6.03. The molecule has 0 fully saturated rings. The zero-order valence-electron chi connectivity index (χ0n) is 14.6. The van der Waals surface area contributed by atoms with E-state index in [1.165, 1.54) is 6.92 Å². The number of aromatic nitrogens is 3. The van der Waals surface area contributed by atoms with Crippen LogP contribution in [0, 0.1) is 0 Å². The highest BCUT2D eigenvalue weighted by Gasteiger charge is 2.09. The normalized spacial score (nSPS) is 10.1. The Hall–Kier alpha value is -3.81. The van der Waals surface area contributed by atoms with Crippen molar-refractivity contribution in [3.63, 3.8) is 0 Å². The second kappa shape index (κ2) is 8.52. The van der Waals surface area contributed by atoms with Gasteiger partial charge in [0.1, 0.15) is 5.82 Å². The van der Waals surface area contributed by atoms with Crippen LogP contribution in [-0.2, 0) is 11.3 Å². The minimum atomic E-state index is -0.390. The third-order valence-corrected chi connectivity index (χ3v) is 3.51. The molecule has 0 aliphatic heterocycles. The molecule has 136 valence electrons. The van der Waals surface area contributed by atoms with Gasteiger partial charge < -0.3 is 16.0 Å². The third kappa shape index (κ3) is 5.33. The van der Waals surface area contributed by atoms with Crippen molar-refractivity contribution in [3.05, 3.63) is 72.2 Å². The molecule has 0 saturated heterocycles. The zero-order valence-corrected chi connectivity index (χ0v) is 14.6. The molecule has 2 amide bonds. The summed E-state index contributed by atoms with van der Waals surface area (Å²) >= 11 is 0. The first-order valence-corrected chi connectivity index (χ1v) is 8.27. The van der Waals surface area contributed by atoms with Crippen LogP contribution in [0.3, 0.4) is 0 Å². The molecule has 3 aromatic rings. The van der Waals surface area contributed by atoms with Crippen molar-refractivity contribution in [2.75, 3.05) is 16.0 Å². The van der Waals surface area contributed by atoms with E-state index in [0.717, 1.165) is 5.69 Å². The van der Waals surface area contributed by atoms with Gasteiger partial charge in [-0.2, -0.15) is 0 Å². The number of amides is 2. The lowest BCUT2D eigenvalue weighted by Gasteiger charge is -2.08. The molecule has 0 spiro atoms. The monoisotopic (exact) mass is 362 g/mol. The smallest absolute Gasteiger partial charge is 0.276 e. The number of hydrogen-bond acceptors (Lipinski definition) is 6. The van der Waals surface area contributed by atoms with Gasteiger partial charge in [-0.3, -0.25) is 14.6 Å². The predicted octanol–water partition coefficient (Wildman–Crippen LogP) is 2.69. The fourth-order valence-electron chi connectivity index (χ4n) is 2.30. The minimum absolute atomic E-state index is 0.182. The lowest BCUT2D eigenvalue weighted by atomic mass is 10.2. The van der Waals surface area contributed by atoms with Crippen LogP contribution >= 0.6 is 0 Å². The zero-order chi connectivity index (χ0) is 19.1. The number of benzene rings is 1. The summed E-state index contributed by atoms with van der Waals surface area (Å²) in [6, 6.07) is 15.8. The quantitative estimate of drug-likeness (QED) is 0.622. The van der Waals surface area contributed by atoms with Crippen LogP contribution in [0.4, 0.5) is 17.2 Å². The Balaban J connectivity index is 1.59. The van der Waals surface area contributed by atoms with Gasteiger partial charge in [-0.25, -0.2) is 0 Å². The number of nitrogens with one attached hydrogen (secondary N) is 3. The van der Waals surface area contributed by atoms with Gasteiger partial charge in [0.05, 0.1) is 12.2 Å². The molecular weight excluding hydrogens is 344 g/mol. The van der Waals surface area contributed by atoms with Crippen molar-refractivity contribution >= 4 is 29.0 Å². The first-order chi connectivity index (χ1) is 13.1. The Morgan fingerprint density at radius 3 is 2.41 bits per heavy atom. The van der Waals surface area contributed by atoms with Crippen LogP contribution in [0.1, 0.15) is 23.1 Å². The van der Waals surface area contributed by atoms with Crippen molar-refractivity contribution in [2.45, 2.75) is 13.5 Å². The van der Waals surface area contributed by atoms with Crippen LogP contribution in [0.5, 0.6) is 0 Å². The Morgan fingerprint density at radius 2 is 1.74 bits per heavy atom. The van der Waals surface area contributed by atoms with E-state index in [9.17, 15) is 9.59 Å². The molecule has 0 aliphatic carbocycles. The fourth-order valence-corrected chi connectivity index (χ4v) is 2.30. The second-order valence-corrected chi connectivity index (χ2v) is 5.69. The van der Waals surface area contributed by atoms with Crippen molar-refractivity contribution < 1.29 is 9.59 Å². The van der Waals surface area contributed by atoms with Gasteiger partial charge in [0.25, 0.3) is 5.91 Å². The van der Waals surface area contributed by atoms with Crippen molar-refractivity contribution in [3.8, 4) is 0 Å². The van der Waals surface area contributed by atoms with Gasteiger partial charge in [0, 0.05) is 24.5 Å². The SMILES string of the molecule is CC(=O)Nc1cccc(NC(=O)c2ccc(NCc3ccccn3)nn2)c1. The summed E-state index contributed by atoms with van der Waals surface area (Å²) in [5.74, 6) is -0.0262. The van der Waals surface area contributed by atoms with Crippen LogP contribution in [-0.4, -0.2) is 27.0 Å². The van der Waals surface area contributed by atoms with E-state index >= 15 is 0 Å². The van der Waals surface area contributed by atoms with Crippen molar-refractivity contribution in [1.82, 2.24) is 15.2 Å². The topological polar surface area (TPSA) is 109 Å². The van der Waals surface area contributed by atoms with E-state index < -0.39 is 5.91 Å². The van der Waals surface area contributed by atoms with E-state index in [1.54, 1.807) is 42.6 Å². The molecule has 2 heterocycles. The second-order valence-electron chi connectivity index (χ2n) is 5.69. The summed E-state index contributed by atoms with van der Waals surface area (Å²) in [6.45, 7) is 1.93. The van der Waals surface area contributed by atoms with E-state index in [2.05, 4.69) is 31.1 Å². The molecular formula is C19H18N6O2. The van der Waals surface area contributed by atoms with Gasteiger partial charge in [0.15, 0.2) is 5.69 Å². The maximum atomic E-state index is 12.3. The fraction of sp³-hybridized carbons (Fsp3) is 0.105. The summed E-state index contributed by atoms with van der Waals surface area (Å²) in [4.78, 5) is 27.6. The molecule has 2 aromatic heterocycles. The van der Waals surface area contributed by atoms with Gasteiger partial charge >= 0.3 is 0 Å². The van der Waals surface area contributed by atoms with Crippen LogP contribution in [0.2, 0.25) is 0 Å². The van der Waals surface area contributed by atoms with Gasteiger partial charge in [-0.1, -0.05) is 12.1 Å². The Bertz CT molecular complexity index is 928. The number of nitrogens with zero attached hydrogens (tertiary/aromatic N) is 3. The van der Waals surface area contributed by atoms with Gasteiger partial charge in [-0.15, -0.1) is 10.2 Å². The highest BCUT2D eigenvalue weighted by Crippen LogP contribution is 2.16. The minimum Gasteiger partial charge on any atom is -0.363 e. The number of pyridine rings is 1. The average Bonchev–Trinajstić information content (AvgIpc) is 2.67. The molecule has 3 rings (SSSR count). The predicted molar refractivity (Wildman–Crippen MR) is 102 cm³/mol. The molecule has 0 unspecified atom stereocenters. The Labute approximate surface area is 156 Å². The molecule has 0 saturated carbocycles. The summed E-state index contributed by atoms with van der Waals surface area (Å²) in [5.41, 5.74) is 2.20. The summed E-state index contributed by atoms with van der Waals surface area (Å²) in [6.07, 6.45) is 1.72. The number of carbonyl (C=O) groups is 2. The van der Waals surface area contributed by atoms with E-state index in [4.69, 9.17) is 0 Å². The highest BCUT2D eigenvalue weighted by atomic mass is 16.2. The molecule has 8 nitrogen and oxygen atoms in total. The van der Waals surface area contributed by atoms with Crippen molar-refractivity contribution in [2.24, 2.45) is 0 Å². The lowest BCUT2D eigenvalue weighted by molar-refractivity contribution is -0.114. The van der Waals surface area contributed by atoms with Crippen LogP contribution in [0.15, 0.2) is 60.8 Å². The third-order valence-electron chi connectivity index (χ3n) is 3.51. The maximum Gasteiger partial charge on any atom is 0.276 e. The molecule has 0 radical (unpaired) electrons. The van der Waals surface area contributed by atoms with Gasteiger partial charge in [-0.05, 0) is 42.5 Å². The first kappa shape index (κ1) is 18.0. The molecule has 0 bridgehead atoms. The first-order valence-electron chi connectivity index (χ1n) is 8.27. The van der Waals surface area contributed by atoms with Crippen molar-refractivity contribution in [1.29, 1.82) is 0 Å². The molecule has 0 atom stereocenters.